The minimum Gasteiger partial charge on any atom is -0.497 e. The molecule has 0 spiro atoms. The van der Waals surface area contributed by atoms with Gasteiger partial charge in [0.25, 0.3) is 5.91 Å². The van der Waals surface area contributed by atoms with Gasteiger partial charge in [-0.1, -0.05) is 23.4 Å². The molecule has 0 radical (unpaired) electrons. The van der Waals surface area contributed by atoms with Crippen LogP contribution in [0.25, 0.3) is 0 Å². The minimum atomic E-state index is -0.468. The number of rotatable bonds is 7. The summed E-state index contributed by atoms with van der Waals surface area (Å²) in [5.74, 6) is 0.446. The van der Waals surface area contributed by atoms with Crippen molar-refractivity contribution in [1.82, 2.24) is 4.90 Å². The third-order valence-corrected chi connectivity index (χ3v) is 5.08. The van der Waals surface area contributed by atoms with Crippen molar-refractivity contribution in [3.05, 3.63) is 88.6 Å². The van der Waals surface area contributed by atoms with Crippen molar-refractivity contribution in [2.75, 3.05) is 13.7 Å². The number of benzene rings is 2. The summed E-state index contributed by atoms with van der Waals surface area (Å²) in [6.45, 7) is 0.558. The van der Waals surface area contributed by atoms with E-state index in [0.717, 1.165) is 5.56 Å². The smallest absolute Gasteiger partial charge is 0.254 e. The van der Waals surface area contributed by atoms with Crippen LogP contribution in [-0.2, 0) is 11.4 Å². The number of carbonyl (C=O) groups excluding carboxylic acids is 1. The Morgan fingerprint density at radius 2 is 2.06 bits per heavy atom. The minimum absolute atomic E-state index is 0.258. The number of carbonyl (C=O) groups is 1. The molecule has 2 aromatic carbocycles. The molecule has 1 aromatic heterocycles. The first-order chi connectivity index (χ1) is 15.0. The van der Waals surface area contributed by atoms with Crippen molar-refractivity contribution in [1.29, 1.82) is 0 Å². The second-order valence-corrected chi connectivity index (χ2v) is 7.49. The van der Waals surface area contributed by atoms with E-state index in [0.29, 0.717) is 30.2 Å². The number of furan rings is 1. The average Bonchev–Trinajstić information content (AvgIpc) is 3.42. The van der Waals surface area contributed by atoms with Gasteiger partial charge in [0.05, 0.1) is 13.7 Å². The maximum atomic E-state index is 13.7. The predicted molar refractivity (Wildman–Crippen MR) is 114 cm³/mol. The molecule has 0 saturated carbocycles. The van der Waals surface area contributed by atoms with E-state index in [1.54, 1.807) is 30.2 Å². The molecule has 0 N–H and O–H groups in total. The molecule has 31 heavy (non-hydrogen) atoms. The second-order valence-electron chi connectivity index (χ2n) is 7.12. The van der Waals surface area contributed by atoms with Gasteiger partial charge < -0.3 is 18.9 Å². The van der Waals surface area contributed by atoms with Crippen LogP contribution in [0.2, 0.25) is 5.22 Å². The highest BCUT2D eigenvalue weighted by Gasteiger charge is 2.29. The molecular weight excluding hydrogens is 423 g/mol. The maximum Gasteiger partial charge on any atom is 0.254 e. The number of halogens is 2. The predicted octanol–water partition coefficient (Wildman–Crippen LogP) is 4.92. The van der Waals surface area contributed by atoms with Gasteiger partial charge in [0.1, 0.15) is 17.3 Å². The molecule has 0 fully saturated rings. The molecule has 1 amide bonds. The molecule has 8 heteroatoms. The van der Waals surface area contributed by atoms with Crippen LogP contribution in [0.3, 0.4) is 0 Å². The normalized spacial score (nSPS) is 15.3. The van der Waals surface area contributed by atoms with E-state index >= 15 is 0 Å². The third kappa shape index (κ3) is 5.06. The molecule has 4 rings (SSSR count). The van der Waals surface area contributed by atoms with Gasteiger partial charge >= 0.3 is 0 Å². The standard InChI is InChI=1S/C23H20ClFN2O4/c1-29-18-7-2-4-15(10-18)13-27(23(28)16-5-3-6-17(25)11-16)14-19-12-20(26-31-19)21-8-9-22(24)30-21/h2-11,19H,12-14H2,1H3. The Morgan fingerprint density at radius 3 is 2.81 bits per heavy atom. The van der Waals surface area contributed by atoms with E-state index < -0.39 is 5.82 Å². The van der Waals surface area contributed by atoms with Crippen LogP contribution in [0.5, 0.6) is 5.75 Å². The van der Waals surface area contributed by atoms with Gasteiger partial charge in [-0.3, -0.25) is 4.79 Å². The molecule has 1 aliphatic rings. The highest BCUT2D eigenvalue weighted by molar-refractivity contribution is 6.29. The Bertz CT molecular complexity index is 1110. The number of methoxy groups -OCH3 is 1. The second kappa shape index (κ2) is 9.22. The summed E-state index contributed by atoms with van der Waals surface area (Å²) in [4.78, 5) is 20.4. The van der Waals surface area contributed by atoms with Gasteiger partial charge in [-0.15, -0.1) is 0 Å². The highest BCUT2D eigenvalue weighted by Crippen LogP contribution is 2.23. The molecule has 2 heterocycles. The van der Waals surface area contributed by atoms with Crippen LogP contribution in [-0.4, -0.2) is 36.3 Å². The summed E-state index contributed by atoms with van der Waals surface area (Å²) in [5.41, 5.74) is 1.76. The van der Waals surface area contributed by atoms with Crippen LogP contribution < -0.4 is 4.74 Å². The van der Waals surface area contributed by atoms with Gasteiger partial charge in [-0.25, -0.2) is 4.39 Å². The van der Waals surface area contributed by atoms with E-state index in [1.807, 2.05) is 24.3 Å². The lowest BCUT2D eigenvalue weighted by molar-refractivity contribution is 0.0404. The van der Waals surface area contributed by atoms with E-state index in [9.17, 15) is 9.18 Å². The molecule has 3 aromatic rings. The van der Waals surface area contributed by atoms with Crippen molar-refractivity contribution in [3.63, 3.8) is 0 Å². The van der Waals surface area contributed by atoms with Crippen molar-refractivity contribution in [2.24, 2.45) is 5.16 Å². The number of oxime groups is 1. The molecule has 0 saturated heterocycles. The summed E-state index contributed by atoms with van der Waals surface area (Å²) < 4.78 is 24.4. The SMILES string of the molecule is COc1cccc(CN(CC2CC(c3ccc(Cl)o3)=NO2)C(=O)c2cccc(F)c2)c1. The molecule has 1 aliphatic heterocycles. The summed E-state index contributed by atoms with van der Waals surface area (Å²) in [6.07, 6.45) is 0.0801. The van der Waals surface area contributed by atoms with Gasteiger partial charge in [0, 0.05) is 18.5 Å². The first-order valence-electron chi connectivity index (χ1n) is 9.68. The summed E-state index contributed by atoms with van der Waals surface area (Å²) in [7, 11) is 1.58. The van der Waals surface area contributed by atoms with Crippen molar-refractivity contribution >= 4 is 23.2 Å². The molecule has 0 aliphatic carbocycles. The number of nitrogens with zero attached hydrogens (tertiary/aromatic N) is 2. The average molecular weight is 443 g/mol. The van der Waals surface area contributed by atoms with Crippen LogP contribution in [0.15, 0.2) is 70.2 Å². The largest absolute Gasteiger partial charge is 0.497 e. The lowest BCUT2D eigenvalue weighted by Crippen LogP contribution is -2.37. The zero-order valence-corrected chi connectivity index (χ0v) is 17.5. The van der Waals surface area contributed by atoms with Crippen molar-refractivity contribution in [3.8, 4) is 5.75 Å². The monoisotopic (exact) mass is 442 g/mol. The maximum absolute atomic E-state index is 13.7. The number of hydrogen-bond acceptors (Lipinski definition) is 5. The summed E-state index contributed by atoms with van der Waals surface area (Å²) >= 11 is 5.84. The lowest BCUT2D eigenvalue weighted by Gasteiger charge is -2.25. The Balaban J connectivity index is 1.53. The molecule has 160 valence electrons. The van der Waals surface area contributed by atoms with Crippen LogP contribution >= 0.6 is 11.6 Å². The van der Waals surface area contributed by atoms with Gasteiger partial charge in [0.15, 0.2) is 17.1 Å². The zero-order valence-electron chi connectivity index (χ0n) is 16.8. The number of amides is 1. The van der Waals surface area contributed by atoms with E-state index in [4.69, 9.17) is 25.6 Å². The molecule has 1 unspecified atom stereocenters. The van der Waals surface area contributed by atoms with Gasteiger partial charge in [-0.2, -0.15) is 0 Å². The highest BCUT2D eigenvalue weighted by atomic mass is 35.5. The Kier molecular flexibility index (Phi) is 6.23. The van der Waals surface area contributed by atoms with Crippen LogP contribution in [0, 0.1) is 5.82 Å². The van der Waals surface area contributed by atoms with E-state index in [2.05, 4.69) is 5.16 Å². The van der Waals surface area contributed by atoms with Gasteiger partial charge in [-0.05, 0) is 59.6 Å². The fraction of sp³-hybridized carbons (Fsp3) is 0.217. The van der Waals surface area contributed by atoms with E-state index in [-0.39, 0.29) is 29.3 Å². The zero-order chi connectivity index (χ0) is 21.8. The van der Waals surface area contributed by atoms with Crippen LogP contribution in [0.1, 0.15) is 28.1 Å². The van der Waals surface area contributed by atoms with Crippen molar-refractivity contribution in [2.45, 2.75) is 19.1 Å². The molecule has 1 atom stereocenters. The quantitative estimate of drug-likeness (QED) is 0.521. The summed E-state index contributed by atoms with van der Waals surface area (Å²) in [6, 6.07) is 16.4. The van der Waals surface area contributed by atoms with Crippen molar-refractivity contribution < 1.29 is 23.2 Å². The Morgan fingerprint density at radius 1 is 1.23 bits per heavy atom. The summed E-state index contributed by atoms with van der Waals surface area (Å²) in [5, 5.41) is 4.35. The molecule has 6 nitrogen and oxygen atoms in total. The fourth-order valence-corrected chi connectivity index (χ4v) is 3.55. The van der Waals surface area contributed by atoms with Gasteiger partial charge in [0.2, 0.25) is 0 Å². The first-order valence-corrected chi connectivity index (χ1v) is 10.1. The van der Waals surface area contributed by atoms with E-state index in [1.165, 1.54) is 18.2 Å². The fourth-order valence-electron chi connectivity index (χ4n) is 3.40. The Labute approximate surface area is 183 Å². The third-order valence-electron chi connectivity index (χ3n) is 4.88. The van der Waals surface area contributed by atoms with Crippen LogP contribution in [0.4, 0.5) is 4.39 Å². The Hall–Kier alpha value is -3.32. The first kappa shape index (κ1) is 20.9. The lowest BCUT2D eigenvalue weighted by atomic mass is 10.1. The number of hydrogen-bond donors (Lipinski definition) is 0. The molecule has 0 bridgehead atoms. The topological polar surface area (TPSA) is 64.3 Å². The number of ether oxygens (including phenoxy) is 1. The molecular formula is C23H20ClFN2O4.